The SMILES string of the molecule is CC(C(=O)Nc1ccc(Cl)cc1Cl)N1CCC(N(C)CC(=O)O)CC1.Cl. The van der Waals surface area contributed by atoms with Gasteiger partial charge in [-0.1, -0.05) is 23.2 Å². The molecule has 1 saturated heterocycles. The van der Waals surface area contributed by atoms with Gasteiger partial charge in [-0.05, 0) is 45.0 Å². The summed E-state index contributed by atoms with van der Waals surface area (Å²) in [6, 6.07) is 4.89. The summed E-state index contributed by atoms with van der Waals surface area (Å²) in [5, 5.41) is 12.6. The molecule has 1 fully saturated rings. The summed E-state index contributed by atoms with van der Waals surface area (Å²) in [6.45, 7) is 3.39. The number of carbonyl (C=O) groups excluding carboxylic acids is 1. The van der Waals surface area contributed by atoms with Crippen LogP contribution < -0.4 is 5.32 Å². The summed E-state index contributed by atoms with van der Waals surface area (Å²) in [4.78, 5) is 27.2. The number of benzene rings is 1. The Labute approximate surface area is 169 Å². The molecule has 2 N–H and O–H groups in total. The number of nitrogens with zero attached hydrogens (tertiary/aromatic N) is 2. The highest BCUT2D eigenvalue weighted by Gasteiger charge is 2.29. The molecule has 146 valence electrons. The number of hydrogen-bond donors (Lipinski definition) is 2. The molecule has 0 aromatic heterocycles. The number of carbonyl (C=O) groups is 2. The second-order valence-electron chi connectivity index (χ2n) is 6.37. The molecule has 26 heavy (non-hydrogen) atoms. The highest BCUT2D eigenvalue weighted by Crippen LogP contribution is 2.26. The van der Waals surface area contributed by atoms with Crippen LogP contribution in [0, 0.1) is 0 Å². The predicted molar refractivity (Wildman–Crippen MR) is 107 cm³/mol. The molecule has 1 amide bonds. The van der Waals surface area contributed by atoms with Crippen molar-refractivity contribution in [2.45, 2.75) is 31.8 Å². The molecule has 0 spiro atoms. The smallest absolute Gasteiger partial charge is 0.317 e. The third-order valence-electron chi connectivity index (χ3n) is 4.62. The maximum Gasteiger partial charge on any atom is 0.317 e. The maximum atomic E-state index is 12.5. The molecule has 1 aromatic rings. The molecule has 1 aromatic carbocycles. The lowest BCUT2D eigenvalue weighted by Crippen LogP contribution is -2.50. The van der Waals surface area contributed by atoms with Crippen LogP contribution in [0.4, 0.5) is 5.69 Å². The van der Waals surface area contributed by atoms with Gasteiger partial charge < -0.3 is 10.4 Å². The van der Waals surface area contributed by atoms with Gasteiger partial charge in [0.25, 0.3) is 0 Å². The number of aliphatic carboxylic acids is 1. The van der Waals surface area contributed by atoms with Crippen LogP contribution in [0.1, 0.15) is 19.8 Å². The van der Waals surface area contributed by atoms with Crippen molar-refractivity contribution in [3.8, 4) is 0 Å². The van der Waals surface area contributed by atoms with Gasteiger partial charge in [-0.2, -0.15) is 0 Å². The first kappa shape index (κ1) is 23.0. The average Bonchev–Trinajstić information content (AvgIpc) is 2.56. The molecule has 1 aliphatic rings. The number of amides is 1. The molecule has 1 aliphatic heterocycles. The number of likely N-dealkylation sites (tertiary alicyclic amines) is 1. The van der Waals surface area contributed by atoms with Gasteiger partial charge >= 0.3 is 5.97 Å². The Morgan fingerprint density at radius 1 is 1.35 bits per heavy atom. The fourth-order valence-electron chi connectivity index (χ4n) is 3.05. The van der Waals surface area contributed by atoms with Gasteiger partial charge in [0, 0.05) is 24.2 Å². The summed E-state index contributed by atoms with van der Waals surface area (Å²) in [6.07, 6.45) is 1.67. The zero-order chi connectivity index (χ0) is 18.6. The molecule has 1 unspecified atom stereocenters. The van der Waals surface area contributed by atoms with Crippen molar-refractivity contribution >= 4 is 53.2 Å². The zero-order valence-corrected chi connectivity index (χ0v) is 17.1. The summed E-state index contributed by atoms with van der Waals surface area (Å²) >= 11 is 12.0. The van der Waals surface area contributed by atoms with E-state index in [4.69, 9.17) is 28.3 Å². The molecule has 0 aliphatic carbocycles. The largest absolute Gasteiger partial charge is 0.480 e. The lowest BCUT2D eigenvalue weighted by atomic mass is 10.0. The Morgan fingerprint density at radius 3 is 2.50 bits per heavy atom. The predicted octanol–water partition coefficient (Wildman–Crippen LogP) is 3.22. The first-order valence-electron chi connectivity index (χ1n) is 8.20. The van der Waals surface area contributed by atoms with Crippen molar-refractivity contribution in [1.82, 2.24) is 9.80 Å². The van der Waals surface area contributed by atoms with Crippen molar-refractivity contribution in [2.75, 3.05) is 32.0 Å². The molecule has 1 heterocycles. The Bertz CT molecular complexity index is 637. The average molecular weight is 425 g/mol. The lowest BCUT2D eigenvalue weighted by molar-refractivity contribution is -0.138. The number of piperidine rings is 1. The number of halogens is 3. The first-order chi connectivity index (χ1) is 11.8. The van der Waals surface area contributed by atoms with E-state index in [-0.39, 0.29) is 36.9 Å². The number of carboxylic acid groups (broad SMARTS) is 1. The minimum Gasteiger partial charge on any atom is -0.480 e. The summed E-state index contributed by atoms with van der Waals surface area (Å²) in [5.41, 5.74) is 0.541. The van der Waals surface area contributed by atoms with Gasteiger partial charge in [-0.15, -0.1) is 12.4 Å². The first-order valence-corrected chi connectivity index (χ1v) is 8.95. The van der Waals surface area contributed by atoms with E-state index in [0.717, 1.165) is 25.9 Å². The van der Waals surface area contributed by atoms with Crippen LogP contribution >= 0.6 is 35.6 Å². The number of rotatable bonds is 6. The van der Waals surface area contributed by atoms with Crippen LogP contribution in [-0.4, -0.2) is 65.5 Å². The molecular weight excluding hydrogens is 401 g/mol. The van der Waals surface area contributed by atoms with Gasteiger partial charge in [-0.3, -0.25) is 19.4 Å². The van der Waals surface area contributed by atoms with E-state index in [1.165, 1.54) is 0 Å². The summed E-state index contributed by atoms with van der Waals surface area (Å²) in [7, 11) is 1.83. The van der Waals surface area contributed by atoms with Crippen LogP contribution in [0.15, 0.2) is 18.2 Å². The van der Waals surface area contributed by atoms with E-state index in [1.54, 1.807) is 18.2 Å². The molecular formula is C17H24Cl3N3O3. The number of anilines is 1. The number of likely N-dealkylation sites (N-methyl/N-ethyl adjacent to an activating group) is 1. The molecule has 0 radical (unpaired) electrons. The highest BCUT2D eigenvalue weighted by atomic mass is 35.5. The van der Waals surface area contributed by atoms with Crippen molar-refractivity contribution < 1.29 is 14.7 Å². The molecule has 1 atom stereocenters. The third kappa shape index (κ3) is 6.28. The van der Waals surface area contributed by atoms with Crippen LogP contribution in [0.5, 0.6) is 0 Å². The van der Waals surface area contributed by atoms with Crippen molar-refractivity contribution in [2.24, 2.45) is 0 Å². The third-order valence-corrected chi connectivity index (χ3v) is 5.17. The Morgan fingerprint density at radius 2 is 1.96 bits per heavy atom. The van der Waals surface area contributed by atoms with Crippen LogP contribution in [-0.2, 0) is 9.59 Å². The minimum absolute atomic E-state index is 0. The van der Waals surface area contributed by atoms with Crippen LogP contribution in [0.3, 0.4) is 0 Å². The maximum absolute atomic E-state index is 12.5. The fraction of sp³-hybridized carbons (Fsp3) is 0.529. The quantitative estimate of drug-likeness (QED) is 0.733. The van der Waals surface area contributed by atoms with E-state index in [1.807, 2.05) is 18.9 Å². The topological polar surface area (TPSA) is 72.9 Å². The van der Waals surface area contributed by atoms with E-state index in [2.05, 4.69) is 10.2 Å². The molecule has 0 saturated carbocycles. The van der Waals surface area contributed by atoms with Crippen LogP contribution in [0.25, 0.3) is 0 Å². The van der Waals surface area contributed by atoms with E-state index in [9.17, 15) is 9.59 Å². The monoisotopic (exact) mass is 423 g/mol. The van der Waals surface area contributed by atoms with Gasteiger partial charge in [0.05, 0.1) is 23.3 Å². The van der Waals surface area contributed by atoms with Crippen molar-refractivity contribution in [3.63, 3.8) is 0 Å². The lowest BCUT2D eigenvalue weighted by Gasteiger charge is -2.38. The molecule has 9 heteroatoms. The van der Waals surface area contributed by atoms with E-state index < -0.39 is 5.97 Å². The van der Waals surface area contributed by atoms with Gasteiger partial charge in [0.15, 0.2) is 0 Å². The normalized spacial score (nSPS) is 16.8. The Kier molecular flexibility index (Phi) is 9.13. The fourth-order valence-corrected chi connectivity index (χ4v) is 3.51. The molecule has 2 rings (SSSR count). The number of carboxylic acids is 1. The van der Waals surface area contributed by atoms with Gasteiger partial charge in [-0.25, -0.2) is 0 Å². The Balaban J connectivity index is 0.00000338. The van der Waals surface area contributed by atoms with Crippen molar-refractivity contribution in [3.05, 3.63) is 28.2 Å². The zero-order valence-electron chi connectivity index (χ0n) is 14.7. The van der Waals surface area contributed by atoms with E-state index >= 15 is 0 Å². The summed E-state index contributed by atoms with van der Waals surface area (Å²) < 4.78 is 0. The molecule has 0 bridgehead atoms. The standard InChI is InChI=1S/C17H23Cl2N3O3.ClH/c1-11(17(25)20-15-4-3-12(18)9-14(15)19)22-7-5-13(6-8-22)21(2)10-16(23)24;/h3-4,9,11,13H,5-8,10H2,1-2H3,(H,20,25)(H,23,24);1H. The second kappa shape index (κ2) is 10.3. The van der Waals surface area contributed by atoms with Gasteiger partial charge in [0.2, 0.25) is 5.91 Å². The highest BCUT2D eigenvalue weighted by molar-refractivity contribution is 6.36. The van der Waals surface area contributed by atoms with Crippen molar-refractivity contribution in [1.29, 1.82) is 0 Å². The number of hydrogen-bond acceptors (Lipinski definition) is 4. The van der Waals surface area contributed by atoms with Crippen LogP contribution in [0.2, 0.25) is 10.0 Å². The molecule has 6 nitrogen and oxygen atoms in total. The second-order valence-corrected chi connectivity index (χ2v) is 7.21. The minimum atomic E-state index is -0.822. The Hall–Kier alpha value is -1.05. The van der Waals surface area contributed by atoms with Gasteiger partial charge in [0.1, 0.15) is 0 Å². The number of nitrogens with one attached hydrogen (secondary N) is 1. The van der Waals surface area contributed by atoms with E-state index in [0.29, 0.717) is 15.7 Å². The summed E-state index contributed by atoms with van der Waals surface area (Å²) in [5.74, 6) is -0.945.